The molecule has 0 spiro atoms. The fourth-order valence-electron chi connectivity index (χ4n) is 5.38. The fraction of sp³-hybridized carbons (Fsp3) is 0.118. The minimum Gasteiger partial charge on any atom is -0.308 e. The van der Waals surface area contributed by atoms with Crippen LogP contribution in [0.4, 0.5) is 0 Å². The van der Waals surface area contributed by atoms with Crippen molar-refractivity contribution in [2.24, 2.45) is 0 Å². The molecule has 180 valence electrons. The average Bonchev–Trinajstić information content (AvgIpc) is 3.30. The van der Waals surface area contributed by atoms with Gasteiger partial charge in [-0.3, -0.25) is 9.59 Å². The largest absolute Gasteiger partial charge is 0.308 e. The Morgan fingerprint density at radius 2 is 1.11 bits per heavy atom. The molecular weight excluding hydrogens is 454 g/mol. The first-order chi connectivity index (χ1) is 18.1. The van der Waals surface area contributed by atoms with E-state index in [1.54, 1.807) is 12.1 Å². The van der Waals surface area contributed by atoms with E-state index in [4.69, 9.17) is 0 Å². The Labute approximate surface area is 217 Å². The highest BCUT2D eigenvalue weighted by atomic mass is 16.1. The summed E-state index contributed by atoms with van der Waals surface area (Å²) in [4.78, 5) is 28.2. The van der Waals surface area contributed by atoms with E-state index in [-0.39, 0.29) is 11.6 Å². The van der Waals surface area contributed by atoms with Gasteiger partial charge in [0.15, 0.2) is 11.6 Å². The van der Waals surface area contributed by atoms with Crippen LogP contribution >= 0.6 is 0 Å². The first-order valence-electron chi connectivity index (χ1n) is 12.8. The molecule has 5 aromatic rings. The van der Waals surface area contributed by atoms with Crippen molar-refractivity contribution in [3.05, 3.63) is 137 Å². The van der Waals surface area contributed by atoms with Crippen LogP contribution in [-0.4, -0.2) is 16.1 Å². The maximum atomic E-state index is 14.1. The molecule has 1 aromatic heterocycles. The molecule has 6 rings (SSSR count). The van der Waals surface area contributed by atoms with E-state index in [1.807, 2.05) is 42.5 Å². The highest BCUT2D eigenvalue weighted by molar-refractivity contribution is 6.32. The summed E-state index contributed by atoms with van der Waals surface area (Å²) in [7, 11) is 0. The zero-order chi connectivity index (χ0) is 25.5. The first kappa shape index (κ1) is 22.9. The summed E-state index contributed by atoms with van der Waals surface area (Å²) in [6, 6.07) is 33.7. The SMILES string of the molecule is CCCc1ccc(-c2c3c(c(-c4ccccc4)n2-c2ccc(C)cc2)C(=O)c2ccccc2C3=O)cc1. The standard InChI is InChI=1S/C34H27NO2/c1-3-9-23-16-18-25(19-17-23)32-30-29(33(36)27-12-7-8-13-28(27)34(30)37)31(24-10-5-4-6-11-24)35(32)26-20-14-22(2)15-21-26/h4-8,10-21H,3,9H2,1-2H3. The van der Waals surface area contributed by atoms with Gasteiger partial charge in [-0.25, -0.2) is 0 Å². The van der Waals surface area contributed by atoms with Gasteiger partial charge in [0.1, 0.15) is 0 Å². The van der Waals surface area contributed by atoms with Crippen LogP contribution in [-0.2, 0) is 6.42 Å². The van der Waals surface area contributed by atoms with Crippen LogP contribution in [0.5, 0.6) is 0 Å². The second-order valence-corrected chi connectivity index (χ2v) is 9.63. The maximum absolute atomic E-state index is 14.1. The van der Waals surface area contributed by atoms with Crippen molar-refractivity contribution in [3.63, 3.8) is 0 Å². The third kappa shape index (κ3) is 3.75. The Balaban J connectivity index is 1.75. The zero-order valence-corrected chi connectivity index (χ0v) is 21.0. The molecule has 0 radical (unpaired) electrons. The topological polar surface area (TPSA) is 39.1 Å². The lowest BCUT2D eigenvalue weighted by Crippen LogP contribution is -2.20. The van der Waals surface area contributed by atoms with Crippen molar-refractivity contribution in [2.75, 3.05) is 0 Å². The molecule has 0 aliphatic heterocycles. The number of rotatable bonds is 5. The maximum Gasteiger partial charge on any atom is 0.196 e. The molecule has 0 saturated carbocycles. The third-order valence-corrected chi connectivity index (χ3v) is 7.15. The molecule has 4 aromatic carbocycles. The van der Waals surface area contributed by atoms with Crippen LogP contribution in [0.25, 0.3) is 28.2 Å². The number of aryl methyl sites for hydroxylation is 2. The highest BCUT2D eigenvalue weighted by Crippen LogP contribution is 2.44. The molecule has 1 aliphatic carbocycles. The number of carbonyl (C=O) groups excluding carboxylic acids is 2. The highest BCUT2D eigenvalue weighted by Gasteiger charge is 2.39. The van der Waals surface area contributed by atoms with Gasteiger partial charge < -0.3 is 4.57 Å². The normalized spacial score (nSPS) is 12.4. The molecular formula is C34H27NO2. The van der Waals surface area contributed by atoms with Crippen LogP contribution in [0.2, 0.25) is 0 Å². The smallest absolute Gasteiger partial charge is 0.196 e. The molecule has 0 atom stereocenters. The number of fused-ring (bicyclic) bond motifs is 2. The Hall–Kier alpha value is -4.50. The van der Waals surface area contributed by atoms with Gasteiger partial charge >= 0.3 is 0 Å². The van der Waals surface area contributed by atoms with Gasteiger partial charge in [0.25, 0.3) is 0 Å². The minimum absolute atomic E-state index is 0.110. The summed E-state index contributed by atoms with van der Waals surface area (Å²) in [6.07, 6.45) is 2.06. The lowest BCUT2D eigenvalue weighted by atomic mass is 9.82. The molecule has 0 N–H and O–H groups in total. The van der Waals surface area contributed by atoms with Crippen molar-refractivity contribution < 1.29 is 9.59 Å². The van der Waals surface area contributed by atoms with Gasteiger partial charge in [0.05, 0.1) is 22.5 Å². The second kappa shape index (κ2) is 9.18. The van der Waals surface area contributed by atoms with E-state index in [9.17, 15) is 9.59 Å². The predicted octanol–water partition coefficient (Wildman–Crippen LogP) is 7.85. The second-order valence-electron chi connectivity index (χ2n) is 9.63. The number of carbonyl (C=O) groups is 2. The molecule has 3 heteroatoms. The number of hydrogen-bond acceptors (Lipinski definition) is 2. The quantitative estimate of drug-likeness (QED) is 0.251. The van der Waals surface area contributed by atoms with Gasteiger partial charge in [0.2, 0.25) is 0 Å². The van der Waals surface area contributed by atoms with Gasteiger partial charge in [-0.05, 0) is 42.2 Å². The Morgan fingerprint density at radius 3 is 1.65 bits per heavy atom. The number of hydrogen-bond donors (Lipinski definition) is 0. The third-order valence-electron chi connectivity index (χ3n) is 7.15. The summed E-state index contributed by atoms with van der Waals surface area (Å²) in [5.74, 6) is -0.223. The van der Waals surface area contributed by atoms with E-state index in [1.165, 1.54) is 5.56 Å². The van der Waals surface area contributed by atoms with Gasteiger partial charge in [0, 0.05) is 16.8 Å². The van der Waals surface area contributed by atoms with E-state index in [0.717, 1.165) is 46.6 Å². The van der Waals surface area contributed by atoms with Crippen molar-refractivity contribution >= 4 is 11.6 Å². The summed E-state index contributed by atoms with van der Waals surface area (Å²) >= 11 is 0. The van der Waals surface area contributed by atoms with Crippen molar-refractivity contribution in [3.8, 4) is 28.2 Å². The fourth-order valence-corrected chi connectivity index (χ4v) is 5.38. The van der Waals surface area contributed by atoms with E-state index >= 15 is 0 Å². The molecule has 0 bridgehead atoms. The average molecular weight is 482 g/mol. The first-order valence-corrected chi connectivity index (χ1v) is 12.8. The molecule has 0 unspecified atom stereocenters. The zero-order valence-electron chi connectivity index (χ0n) is 21.0. The monoisotopic (exact) mass is 481 g/mol. The van der Waals surface area contributed by atoms with Crippen LogP contribution in [0.15, 0.2) is 103 Å². The molecule has 1 heterocycles. The predicted molar refractivity (Wildman–Crippen MR) is 149 cm³/mol. The van der Waals surface area contributed by atoms with Crippen LogP contribution in [0.3, 0.4) is 0 Å². The van der Waals surface area contributed by atoms with E-state index in [0.29, 0.717) is 22.3 Å². The number of benzene rings is 4. The summed E-state index contributed by atoms with van der Waals surface area (Å²) in [5, 5.41) is 0. The Bertz CT molecular complexity index is 1640. The van der Waals surface area contributed by atoms with E-state index < -0.39 is 0 Å². The van der Waals surface area contributed by atoms with Crippen molar-refractivity contribution in [1.29, 1.82) is 0 Å². The summed E-state index contributed by atoms with van der Waals surface area (Å²) in [5.41, 5.74) is 8.51. The molecule has 1 aliphatic rings. The van der Waals surface area contributed by atoms with Crippen molar-refractivity contribution in [2.45, 2.75) is 26.7 Å². The molecule has 37 heavy (non-hydrogen) atoms. The summed E-state index contributed by atoms with van der Waals surface area (Å²) < 4.78 is 2.11. The molecule has 3 nitrogen and oxygen atoms in total. The Morgan fingerprint density at radius 1 is 0.595 bits per heavy atom. The molecule has 0 amide bonds. The van der Waals surface area contributed by atoms with Gasteiger partial charge in [-0.1, -0.05) is 110 Å². The molecule has 0 saturated heterocycles. The van der Waals surface area contributed by atoms with Crippen LogP contribution < -0.4 is 0 Å². The van der Waals surface area contributed by atoms with Gasteiger partial charge in [-0.15, -0.1) is 0 Å². The van der Waals surface area contributed by atoms with E-state index in [2.05, 4.69) is 66.9 Å². The van der Waals surface area contributed by atoms with Gasteiger partial charge in [-0.2, -0.15) is 0 Å². The van der Waals surface area contributed by atoms with Crippen molar-refractivity contribution in [1.82, 2.24) is 4.57 Å². The lowest BCUT2D eigenvalue weighted by molar-refractivity contribution is 0.0981. The number of aromatic nitrogens is 1. The number of nitrogens with zero attached hydrogens (tertiary/aromatic N) is 1. The lowest BCUT2D eigenvalue weighted by Gasteiger charge is -2.16. The van der Waals surface area contributed by atoms with Crippen LogP contribution in [0, 0.1) is 6.92 Å². The number of ketones is 2. The van der Waals surface area contributed by atoms with Crippen LogP contribution in [0.1, 0.15) is 56.3 Å². The summed E-state index contributed by atoms with van der Waals surface area (Å²) in [6.45, 7) is 4.22. The molecule has 0 fully saturated rings. The Kier molecular flexibility index (Phi) is 5.69. The minimum atomic E-state index is -0.112.